The van der Waals surface area contributed by atoms with Crippen molar-refractivity contribution in [3.8, 4) is 11.5 Å². The van der Waals surface area contributed by atoms with Gasteiger partial charge >= 0.3 is 0 Å². The number of benzene rings is 3. The Morgan fingerprint density at radius 1 is 1.06 bits per heavy atom. The Labute approximate surface area is 194 Å². The van der Waals surface area contributed by atoms with Crippen LogP contribution < -0.4 is 19.7 Å². The first kappa shape index (κ1) is 22.4. The number of amides is 2. The van der Waals surface area contributed by atoms with Gasteiger partial charge in [-0.15, -0.1) is 0 Å². The van der Waals surface area contributed by atoms with Crippen molar-refractivity contribution < 1.29 is 19.1 Å². The molecule has 0 atom stereocenters. The van der Waals surface area contributed by atoms with E-state index in [-0.39, 0.29) is 18.4 Å². The lowest BCUT2D eigenvalue weighted by Crippen LogP contribution is -2.39. The van der Waals surface area contributed by atoms with Crippen LogP contribution in [0.5, 0.6) is 11.5 Å². The molecule has 0 saturated heterocycles. The summed E-state index contributed by atoms with van der Waals surface area (Å²) < 4.78 is 11.4. The van der Waals surface area contributed by atoms with E-state index in [1.54, 1.807) is 35.2 Å². The number of carbonyl (C=O) groups excluding carboxylic acids is 2. The number of ether oxygens (including phenoxy) is 2. The summed E-state index contributed by atoms with van der Waals surface area (Å²) in [4.78, 5) is 26.8. The number of hydrogen-bond donors (Lipinski definition) is 1. The summed E-state index contributed by atoms with van der Waals surface area (Å²) in [6, 6.07) is 20.8. The third-order valence-corrected chi connectivity index (χ3v) is 5.60. The number of rotatable bonds is 8. The van der Waals surface area contributed by atoms with Gasteiger partial charge in [-0.1, -0.05) is 36.8 Å². The molecule has 1 aliphatic heterocycles. The van der Waals surface area contributed by atoms with E-state index in [0.717, 1.165) is 17.7 Å². The van der Waals surface area contributed by atoms with Crippen LogP contribution in [-0.4, -0.2) is 31.6 Å². The molecule has 1 aliphatic rings. The van der Waals surface area contributed by atoms with E-state index in [2.05, 4.69) is 24.4 Å². The Kier molecular flexibility index (Phi) is 6.93. The van der Waals surface area contributed by atoms with Gasteiger partial charge < -0.3 is 19.7 Å². The fraction of sp³-hybridized carbons (Fsp3) is 0.259. The van der Waals surface area contributed by atoms with Crippen LogP contribution in [0.2, 0.25) is 0 Å². The minimum Gasteiger partial charge on any atom is -0.494 e. The zero-order valence-corrected chi connectivity index (χ0v) is 19.0. The number of nitrogens with zero attached hydrogens (tertiary/aromatic N) is 1. The van der Waals surface area contributed by atoms with Crippen molar-refractivity contribution in [2.45, 2.75) is 26.7 Å². The summed E-state index contributed by atoms with van der Waals surface area (Å²) in [7, 11) is 0. The molecule has 0 aromatic heterocycles. The number of hydrogen-bond acceptors (Lipinski definition) is 4. The third-order valence-electron chi connectivity index (χ3n) is 5.60. The summed E-state index contributed by atoms with van der Waals surface area (Å²) in [5.74, 6) is 1.13. The zero-order valence-electron chi connectivity index (χ0n) is 19.0. The number of anilines is 2. The van der Waals surface area contributed by atoms with Gasteiger partial charge in [0.1, 0.15) is 11.5 Å². The molecule has 0 unspecified atom stereocenters. The van der Waals surface area contributed by atoms with Crippen molar-refractivity contribution in [2.24, 2.45) is 0 Å². The van der Waals surface area contributed by atoms with Crippen LogP contribution in [0.3, 0.4) is 0 Å². The van der Waals surface area contributed by atoms with E-state index in [4.69, 9.17) is 9.47 Å². The van der Waals surface area contributed by atoms with Crippen LogP contribution in [-0.2, 0) is 11.2 Å². The average molecular weight is 445 g/mol. The summed E-state index contributed by atoms with van der Waals surface area (Å²) in [5.41, 5.74) is 4.19. The van der Waals surface area contributed by atoms with Crippen LogP contribution in [0, 0.1) is 6.92 Å². The first-order chi connectivity index (χ1) is 16.0. The van der Waals surface area contributed by atoms with Gasteiger partial charge in [-0.05, 0) is 67.8 Å². The Morgan fingerprint density at radius 3 is 2.55 bits per heavy atom. The van der Waals surface area contributed by atoms with Crippen LogP contribution in [0.1, 0.15) is 34.8 Å². The molecular weight excluding hydrogens is 416 g/mol. The Balaban J connectivity index is 1.39. The molecule has 1 heterocycles. The average Bonchev–Trinajstić information content (AvgIpc) is 2.83. The van der Waals surface area contributed by atoms with Crippen LogP contribution in [0.4, 0.5) is 11.4 Å². The molecule has 170 valence electrons. The second kappa shape index (κ2) is 10.2. The van der Waals surface area contributed by atoms with Gasteiger partial charge in [0.2, 0.25) is 0 Å². The molecule has 1 N–H and O–H groups in total. The molecule has 0 aliphatic carbocycles. The molecule has 3 aromatic carbocycles. The number of carbonyl (C=O) groups is 2. The van der Waals surface area contributed by atoms with E-state index in [9.17, 15) is 9.59 Å². The highest BCUT2D eigenvalue weighted by atomic mass is 16.5. The third kappa shape index (κ3) is 5.52. The van der Waals surface area contributed by atoms with Gasteiger partial charge in [-0.2, -0.15) is 0 Å². The van der Waals surface area contributed by atoms with Gasteiger partial charge in [0.15, 0.2) is 6.61 Å². The van der Waals surface area contributed by atoms with Gasteiger partial charge in [-0.25, -0.2) is 0 Å². The van der Waals surface area contributed by atoms with Gasteiger partial charge in [-0.3, -0.25) is 9.59 Å². The van der Waals surface area contributed by atoms with E-state index < -0.39 is 0 Å². The van der Waals surface area contributed by atoms with Crippen molar-refractivity contribution in [2.75, 3.05) is 30.0 Å². The van der Waals surface area contributed by atoms with Crippen LogP contribution >= 0.6 is 0 Å². The minimum atomic E-state index is -0.202. The van der Waals surface area contributed by atoms with Crippen molar-refractivity contribution in [3.63, 3.8) is 0 Å². The fourth-order valence-electron chi connectivity index (χ4n) is 3.67. The molecule has 0 radical (unpaired) electrons. The van der Waals surface area contributed by atoms with Crippen molar-refractivity contribution in [3.05, 3.63) is 83.4 Å². The Bertz CT molecular complexity index is 1120. The Morgan fingerprint density at radius 2 is 1.82 bits per heavy atom. The predicted molar refractivity (Wildman–Crippen MR) is 129 cm³/mol. The standard InChI is InChI=1S/C27H28N2O4/c1-3-20-7-12-23(13-8-20)32-16-4-15-29-24-17-22(11-14-25(24)33-18-26(29)30)28-27(31)21-9-5-19(2)6-10-21/h5-14,17H,3-4,15-16,18H2,1-2H3,(H,28,31). The first-order valence-electron chi connectivity index (χ1n) is 11.2. The highest BCUT2D eigenvalue weighted by Crippen LogP contribution is 2.35. The lowest BCUT2D eigenvalue weighted by atomic mass is 10.1. The predicted octanol–water partition coefficient (Wildman–Crippen LogP) is 5.00. The largest absolute Gasteiger partial charge is 0.494 e. The quantitative estimate of drug-likeness (QED) is 0.496. The minimum absolute atomic E-state index is 0.00140. The summed E-state index contributed by atoms with van der Waals surface area (Å²) in [5, 5.41) is 2.90. The lowest BCUT2D eigenvalue weighted by Gasteiger charge is -2.30. The maximum absolute atomic E-state index is 12.6. The van der Waals surface area contributed by atoms with E-state index >= 15 is 0 Å². The molecule has 2 amide bonds. The monoisotopic (exact) mass is 444 g/mol. The number of nitrogens with one attached hydrogen (secondary N) is 1. The van der Waals surface area contributed by atoms with Gasteiger partial charge in [0.05, 0.1) is 12.3 Å². The van der Waals surface area contributed by atoms with E-state index in [1.165, 1.54) is 5.56 Å². The summed E-state index contributed by atoms with van der Waals surface area (Å²) in [6.07, 6.45) is 1.66. The highest BCUT2D eigenvalue weighted by Gasteiger charge is 2.25. The molecule has 0 bridgehead atoms. The summed E-state index contributed by atoms with van der Waals surface area (Å²) in [6.45, 7) is 5.09. The SMILES string of the molecule is CCc1ccc(OCCCN2C(=O)COc3ccc(NC(=O)c4ccc(C)cc4)cc32)cc1. The second-order valence-electron chi connectivity index (χ2n) is 8.04. The molecule has 6 heteroatoms. The highest BCUT2D eigenvalue weighted by molar-refractivity contribution is 6.05. The molecule has 0 saturated carbocycles. The topological polar surface area (TPSA) is 67.9 Å². The normalized spacial score (nSPS) is 12.7. The first-order valence-corrected chi connectivity index (χ1v) is 11.2. The fourth-order valence-corrected chi connectivity index (χ4v) is 3.67. The van der Waals surface area contributed by atoms with E-state index in [0.29, 0.717) is 42.3 Å². The van der Waals surface area contributed by atoms with Crippen molar-refractivity contribution in [1.29, 1.82) is 0 Å². The second-order valence-corrected chi connectivity index (χ2v) is 8.04. The van der Waals surface area contributed by atoms with Gasteiger partial charge in [0, 0.05) is 17.8 Å². The number of fused-ring (bicyclic) bond motifs is 1. The van der Waals surface area contributed by atoms with Crippen molar-refractivity contribution in [1.82, 2.24) is 0 Å². The maximum atomic E-state index is 12.6. The lowest BCUT2D eigenvalue weighted by molar-refractivity contribution is -0.121. The molecular formula is C27H28N2O4. The Hall–Kier alpha value is -3.80. The maximum Gasteiger partial charge on any atom is 0.265 e. The summed E-state index contributed by atoms with van der Waals surface area (Å²) >= 11 is 0. The molecule has 3 aromatic rings. The molecule has 0 spiro atoms. The van der Waals surface area contributed by atoms with E-state index in [1.807, 2.05) is 31.2 Å². The zero-order chi connectivity index (χ0) is 23.2. The van der Waals surface area contributed by atoms with Crippen LogP contribution in [0.15, 0.2) is 66.7 Å². The van der Waals surface area contributed by atoms with Crippen LogP contribution in [0.25, 0.3) is 0 Å². The molecule has 4 rings (SSSR count). The smallest absolute Gasteiger partial charge is 0.265 e. The molecule has 6 nitrogen and oxygen atoms in total. The molecule has 0 fully saturated rings. The van der Waals surface area contributed by atoms with Crippen molar-refractivity contribution >= 4 is 23.2 Å². The molecule has 33 heavy (non-hydrogen) atoms. The van der Waals surface area contributed by atoms with Gasteiger partial charge in [0.25, 0.3) is 11.8 Å². The number of aryl methyl sites for hydroxylation is 2.